The van der Waals surface area contributed by atoms with Gasteiger partial charge in [-0.2, -0.15) is 0 Å². The van der Waals surface area contributed by atoms with E-state index in [2.05, 4.69) is 106 Å². The van der Waals surface area contributed by atoms with Crippen LogP contribution >= 0.6 is 0 Å². The predicted molar refractivity (Wildman–Crippen MR) is 334 cm³/mol. The summed E-state index contributed by atoms with van der Waals surface area (Å²) in [7, 11) is 0. The second kappa shape index (κ2) is 65.1. The van der Waals surface area contributed by atoms with Crippen molar-refractivity contribution in [2.75, 3.05) is 13.2 Å². The molecule has 0 bridgehead atoms. The Bertz CT molecular complexity index is 1470. The van der Waals surface area contributed by atoms with Crippen LogP contribution in [0.2, 0.25) is 0 Å². The molecule has 0 aromatic rings. The van der Waals surface area contributed by atoms with Gasteiger partial charge in [0.15, 0.2) is 6.10 Å². The van der Waals surface area contributed by atoms with Gasteiger partial charge in [-0.3, -0.25) is 14.4 Å². The van der Waals surface area contributed by atoms with Crippen LogP contribution in [-0.4, -0.2) is 37.2 Å². The molecule has 0 spiro atoms. The lowest BCUT2D eigenvalue weighted by Gasteiger charge is -2.18. The summed E-state index contributed by atoms with van der Waals surface area (Å²) in [4.78, 5) is 38.2. The minimum atomic E-state index is -0.785. The highest BCUT2D eigenvalue weighted by atomic mass is 16.6. The van der Waals surface area contributed by atoms with Gasteiger partial charge in [0, 0.05) is 19.3 Å². The summed E-state index contributed by atoms with van der Waals surface area (Å²) in [5.74, 6) is -0.890. The topological polar surface area (TPSA) is 78.9 Å². The molecule has 77 heavy (non-hydrogen) atoms. The van der Waals surface area contributed by atoms with Crippen molar-refractivity contribution in [1.82, 2.24) is 0 Å². The van der Waals surface area contributed by atoms with Crippen LogP contribution in [0.4, 0.5) is 0 Å². The normalized spacial score (nSPS) is 12.6. The quantitative estimate of drug-likeness (QED) is 0.0261. The molecule has 0 saturated heterocycles. The van der Waals surface area contributed by atoms with E-state index in [0.717, 1.165) is 103 Å². The maximum atomic E-state index is 12.9. The summed E-state index contributed by atoms with van der Waals surface area (Å²) in [6.45, 7) is 6.49. The molecule has 6 nitrogen and oxygen atoms in total. The average molecular weight is 1070 g/mol. The van der Waals surface area contributed by atoms with Crippen molar-refractivity contribution in [3.8, 4) is 0 Å². The van der Waals surface area contributed by atoms with Gasteiger partial charge in [0.25, 0.3) is 0 Å². The third-order valence-electron chi connectivity index (χ3n) is 14.4. The first kappa shape index (κ1) is 73.6. The number of hydrogen-bond acceptors (Lipinski definition) is 6. The third-order valence-corrected chi connectivity index (χ3v) is 14.4. The van der Waals surface area contributed by atoms with E-state index in [4.69, 9.17) is 14.2 Å². The van der Waals surface area contributed by atoms with Crippen LogP contribution in [0.3, 0.4) is 0 Å². The lowest BCUT2D eigenvalue weighted by molar-refractivity contribution is -0.167. The monoisotopic (exact) mass is 1070 g/mol. The molecule has 0 fully saturated rings. The van der Waals surface area contributed by atoms with E-state index in [1.165, 1.54) is 186 Å². The SMILES string of the molecule is CC/C=C\C/C=C\C/C=C\CCCCCCCCCC(=O)OC(COC(=O)CCCCCCC/C=C\CCCC)COC(=O)CCCCCCCCCCCCCCCCCC/C=C\C/C=C\C/C=C\CCCCCCC. The summed E-state index contributed by atoms with van der Waals surface area (Å²) in [6.07, 6.45) is 86.1. The van der Waals surface area contributed by atoms with E-state index in [0.29, 0.717) is 19.3 Å². The van der Waals surface area contributed by atoms with Gasteiger partial charge < -0.3 is 14.2 Å². The maximum absolute atomic E-state index is 12.9. The first-order valence-electron chi connectivity index (χ1n) is 33.1. The molecule has 6 heteroatoms. The number of unbranched alkanes of at least 4 members (excludes halogenated alkanes) is 35. The van der Waals surface area contributed by atoms with Crippen LogP contribution in [0.1, 0.15) is 329 Å². The Morgan fingerprint density at radius 3 is 0.844 bits per heavy atom. The van der Waals surface area contributed by atoms with Crippen LogP contribution in [0.25, 0.3) is 0 Å². The highest BCUT2D eigenvalue weighted by Crippen LogP contribution is 2.17. The summed E-state index contributed by atoms with van der Waals surface area (Å²) in [5, 5.41) is 0. The Morgan fingerprint density at radius 1 is 0.273 bits per heavy atom. The summed E-state index contributed by atoms with van der Waals surface area (Å²) >= 11 is 0. The van der Waals surface area contributed by atoms with Crippen LogP contribution in [0.15, 0.2) is 85.1 Å². The molecular formula is C71H124O6. The molecule has 0 heterocycles. The fourth-order valence-electron chi connectivity index (χ4n) is 9.39. The fraction of sp³-hybridized carbons (Fsp3) is 0.761. The molecule has 0 aromatic heterocycles. The highest BCUT2D eigenvalue weighted by Gasteiger charge is 2.19. The molecule has 0 aliphatic heterocycles. The zero-order valence-electron chi connectivity index (χ0n) is 51.0. The van der Waals surface area contributed by atoms with Crippen molar-refractivity contribution in [2.45, 2.75) is 335 Å². The van der Waals surface area contributed by atoms with E-state index in [1.807, 2.05) is 0 Å². The Balaban J connectivity index is 4.16. The molecule has 0 aliphatic carbocycles. The van der Waals surface area contributed by atoms with E-state index in [1.54, 1.807) is 0 Å². The lowest BCUT2D eigenvalue weighted by atomic mass is 10.0. The average Bonchev–Trinajstić information content (AvgIpc) is 3.43. The molecule has 444 valence electrons. The van der Waals surface area contributed by atoms with Crippen molar-refractivity contribution in [3.63, 3.8) is 0 Å². The number of esters is 3. The van der Waals surface area contributed by atoms with Crippen LogP contribution in [0.5, 0.6) is 0 Å². The minimum Gasteiger partial charge on any atom is -0.462 e. The molecule has 1 unspecified atom stereocenters. The molecule has 0 aromatic carbocycles. The largest absolute Gasteiger partial charge is 0.462 e. The summed E-state index contributed by atoms with van der Waals surface area (Å²) in [6, 6.07) is 0. The fourth-order valence-corrected chi connectivity index (χ4v) is 9.39. The second-order valence-electron chi connectivity index (χ2n) is 22.0. The molecule has 0 N–H and O–H groups in total. The van der Waals surface area contributed by atoms with Crippen molar-refractivity contribution in [3.05, 3.63) is 85.1 Å². The molecule has 0 aliphatic rings. The number of hydrogen-bond donors (Lipinski definition) is 0. The highest BCUT2D eigenvalue weighted by molar-refractivity contribution is 5.71. The van der Waals surface area contributed by atoms with Crippen molar-refractivity contribution in [1.29, 1.82) is 0 Å². The van der Waals surface area contributed by atoms with Gasteiger partial charge in [-0.15, -0.1) is 0 Å². The summed E-state index contributed by atoms with van der Waals surface area (Å²) < 4.78 is 16.9. The van der Waals surface area contributed by atoms with E-state index in [9.17, 15) is 14.4 Å². The molecular weight excluding hydrogens is 949 g/mol. The van der Waals surface area contributed by atoms with Gasteiger partial charge in [-0.05, 0) is 109 Å². The van der Waals surface area contributed by atoms with Gasteiger partial charge in [0.2, 0.25) is 0 Å². The Morgan fingerprint density at radius 2 is 0.519 bits per heavy atom. The van der Waals surface area contributed by atoms with Gasteiger partial charge in [0.1, 0.15) is 13.2 Å². The Labute approximate surface area is 477 Å². The first-order valence-corrected chi connectivity index (χ1v) is 33.1. The number of allylic oxidation sites excluding steroid dienone is 14. The number of ether oxygens (including phenoxy) is 3. The molecule has 0 saturated carbocycles. The predicted octanol–water partition coefficient (Wildman–Crippen LogP) is 22.7. The van der Waals surface area contributed by atoms with Crippen LogP contribution in [0, 0.1) is 0 Å². The van der Waals surface area contributed by atoms with Gasteiger partial charge in [0.05, 0.1) is 0 Å². The smallest absolute Gasteiger partial charge is 0.306 e. The standard InChI is InChI=1S/C71H124O6/c1-4-7-10-13-16-19-22-24-26-28-29-30-31-32-33-34-35-36-37-38-39-40-41-43-44-46-49-52-55-58-61-64-70(73)76-67-68(66-75-69(72)63-60-57-54-51-48-21-18-15-12-9-6-3)77-71(74)65-62-59-56-53-50-47-45-42-27-25-23-20-17-14-11-8-5-2/h8,11,15,17-18,20,22,24-25,27-29,31-32,68H,4-7,9-10,12-14,16,19,21,23,26,30,33-67H2,1-3H3/b11-8-,18-15-,20-17-,24-22-,27-25-,29-28-,32-31-. The Kier molecular flexibility index (Phi) is 62.2. The minimum absolute atomic E-state index is 0.0812. The van der Waals surface area contributed by atoms with E-state index in [-0.39, 0.29) is 31.1 Å². The lowest BCUT2D eigenvalue weighted by Crippen LogP contribution is -2.30. The molecule has 0 rings (SSSR count). The van der Waals surface area contributed by atoms with Crippen molar-refractivity contribution >= 4 is 17.9 Å². The van der Waals surface area contributed by atoms with Crippen molar-refractivity contribution in [2.24, 2.45) is 0 Å². The van der Waals surface area contributed by atoms with E-state index < -0.39 is 6.10 Å². The first-order chi connectivity index (χ1) is 38.0. The molecule has 1 atom stereocenters. The van der Waals surface area contributed by atoms with Crippen molar-refractivity contribution < 1.29 is 28.6 Å². The zero-order valence-corrected chi connectivity index (χ0v) is 51.0. The second-order valence-corrected chi connectivity index (χ2v) is 22.0. The van der Waals surface area contributed by atoms with Crippen LogP contribution < -0.4 is 0 Å². The maximum Gasteiger partial charge on any atom is 0.306 e. The van der Waals surface area contributed by atoms with Gasteiger partial charge in [-0.1, -0.05) is 286 Å². The summed E-state index contributed by atoms with van der Waals surface area (Å²) in [5.41, 5.74) is 0. The van der Waals surface area contributed by atoms with Gasteiger partial charge in [-0.25, -0.2) is 0 Å². The van der Waals surface area contributed by atoms with Crippen LogP contribution in [-0.2, 0) is 28.6 Å². The number of rotatable bonds is 60. The molecule has 0 radical (unpaired) electrons. The Hall–Kier alpha value is -3.41. The number of carbonyl (C=O) groups is 3. The number of carbonyl (C=O) groups excluding carboxylic acids is 3. The van der Waals surface area contributed by atoms with E-state index >= 15 is 0 Å². The molecule has 0 amide bonds. The third kappa shape index (κ3) is 63.3. The zero-order chi connectivity index (χ0) is 55.7. The van der Waals surface area contributed by atoms with Gasteiger partial charge >= 0.3 is 17.9 Å².